The van der Waals surface area contributed by atoms with Gasteiger partial charge in [0, 0.05) is 13.1 Å². The molecule has 1 aromatic heterocycles. The molecule has 0 aliphatic heterocycles. The number of hydrogen-bond acceptors (Lipinski definition) is 3. The van der Waals surface area contributed by atoms with Crippen LogP contribution in [0.3, 0.4) is 0 Å². The van der Waals surface area contributed by atoms with Crippen LogP contribution in [0.15, 0.2) is 6.07 Å². The third-order valence-corrected chi connectivity index (χ3v) is 4.42. The minimum atomic E-state index is 0.448. The summed E-state index contributed by atoms with van der Waals surface area (Å²) >= 11 is 12.2. The molecule has 2 rings (SSSR count). The van der Waals surface area contributed by atoms with Crippen molar-refractivity contribution in [1.29, 1.82) is 0 Å². The molecule has 1 aromatic rings. The Bertz CT molecular complexity index is 450. The smallest absolute Gasteiger partial charge is 0.147 e. The van der Waals surface area contributed by atoms with Gasteiger partial charge in [-0.2, -0.15) is 0 Å². The Labute approximate surface area is 125 Å². The van der Waals surface area contributed by atoms with E-state index in [-0.39, 0.29) is 0 Å². The van der Waals surface area contributed by atoms with Crippen molar-refractivity contribution in [3.8, 4) is 0 Å². The zero-order valence-electron chi connectivity index (χ0n) is 11.7. The van der Waals surface area contributed by atoms with Gasteiger partial charge >= 0.3 is 0 Å². The number of aromatic nitrogens is 1. The second-order valence-corrected chi connectivity index (χ2v) is 6.80. The molecular weight excluding hydrogens is 281 g/mol. The molecule has 0 unspecified atom stereocenters. The lowest BCUT2D eigenvalue weighted by molar-refractivity contribution is 0.232. The summed E-state index contributed by atoms with van der Waals surface area (Å²) in [6.07, 6.45) is 4.77. The molecule has 0 saturated heterocycles. The first-order chi connectivity index (χ1) is 8.91. The van der Waals surface area contributed by atoms with Crippen LogP contribution in [0.25, 0.3) is 0 Å². The molecule has 0 aromatic carbocycles. The Hall–Kier alpha value is -0.670. The Morgan fingerprint density at radius 2 is 1.74 bits per heavy atom. The van der Waals surface area contributed by atoms with Crippen molar-refractivity contribution in [2.24, 2.45) is 5.41 Å². The van der Waals surface area contributed by atoms with Gasteiger partial charge in [0.1, 0.15) is 11.6 Å². The van der Waals surface area contributed by atoms with Gasteiger partial charge in [0.05, 0.1) is 10.0 Å². The molecule has 0 spiro atoms. The summed E-state index contributed by atoms with van der Waals surface area (Å²) in [5.41, 5.74) is 0.464. The molecule has 106 valence electrons. The third kappa shape index (κ3) is 3.67. The first kappa shape index (κ1) is 14.7. The predicted molar refractivity (Wildman–Crippen MR) is 83.5 cm³/mol. The van der Waals surface area contributed by atoms with E-state index in [0.717, 1.165) is 18.7 Å². The van der Waals surface area contributed by atoms with E-state index in [1.165, 1.54) is 12.8 Å². The summed E-state index contributed by atoms with van der Waals surface area (Å²) in [6, 6.07) is 2.18. The fraction of sp³-hybridized carbons (Fsp3) is 0.643. The summed E-state index contributed by atoms with van der Waals surface area (Å²) in [6.45, 7) is 4.66. The number of nitrogens with zero attached hydrogens (tertiary/aromatic N) is 1. The predicted octanol–water partition coefficient (Wildman–Crippen LogP) is 4.81. The molecule has 1 aliphatic rings. The number of nitrogens with one attached hydrogen (secondary N) is 2. The standard InChI is InChI=1S/C14H21Cl2N3/c1-14(2)6-4-9(5-7-14)18-13-11(16)8-10(15)12(17-3)19-13/h8-9H,4-7H2,1-3H3,(H2,17,18,19). The lowest BCUT2D eigenvalue weighted by Crippen LogP contribution is -2.30. The van der Waals surface area contributed by atoms with E-state index in [0.29, 0.717) is 27.3 Å². The van der Waals surface area contributed by atoms with E-state index in [9.17, 15) is 0 Å². The molecular formula is C14H21Cl2N3. The molecule has 19 heavy (non-hydrogen) atoms. The second kappa shape index (κ2) is 5.76. The molecule has 1 heterocycles. The fourth-order valence-electron chi connectivity index (χ4n) is 2.48. The Morgan fingerprint density at radius 1 is 1.16 bits per heavy atom. The lowest BCUT2D eigenvalue weighted by atomic mass is 9.75. The first-order valence-corrected chi connectivity index (χ1v) is 7.47. The largest absolute Gasteiger partial charge is 0.372 e. The zero-order chi connectivity index (χ0) is 14.0. The zero-order valence-corrected chi connectivity index (χ0v) is 13.2. The highest BCUT2D eigenvalue weighted by atomic mass is 35.5. The Kier molecular flexibility index (Phi) is 4.46. The molecule has 5 heteroatoms. The van der Waals surface area contributed by atoms with Crippen molar-refractivity contribution in [3.63, 3.8) is 0 Å². The van der Waals surface area contributed by atoms with Gasteiger partial charge < -0.3 is 10.6 Å². The van der Waals surface area contributed by atoms with E-state index >= 15 is 0 Å². The van der Waals surface area contributed by atoms with E-state index in [4.69, 9.17) is 23.2 Å². The van der Waals surface area contributed by atoms with E-state index in [1.807, 2.05) is 0 Å². The highest BCUT2D eigenvalue weighted by Gasteiger charge is 2.27. The average molecular weight is 302 g/mol. The van der Waals surface area contributed by atoms with Gasteiger partial charge in [-0.15, -0.1) is 0 Å². The van der Waals surface area contributed by atoms with Crippen molar-refractivity contribution >= 4 is 34.8 Å². The SMILES string of the molecule is CNc1nc(NC2CCC(C)(C)CC2)c(Cl)cc1Cl. The van der Waals surface area contributed by atoms with Crippen molar-refractivity contribution in [2.45, 2.75) is 45.6 Å². The maximum atomic E-state index is 6.20. The van der Waals surface area contributed by atoms with Crippen LogP contribution in [0.1, 0.15) is 39.5 Å². The lowest BCUT2D eigenvalue weighted by Gasteiger charge is -2.35. The van der Waals surface area contributed by atoms with Gasteiger partial charge in [-0.05, 0) is 37.2 Å². The third-order valence-electron chi connectivity index (χ3n) is 3.85. The van der Waals surface area contributed by atoms with Gasteiger partial charge in [0.25, 0.3) is 0 Å². The molecule has 1 fully saturated rings. The first-order valence-electron chi connectivity index (χ1n) is 6.71. The summed E-state index contributed by atoms with van der Waals surface area (Å²) in [5.74, 6) is 1.38. The van der Waals surface area contributed by atoms with Gasteiger partial charge in [-0.1, -0.05) is 37.0 Å². The van der Waals surface area contributed by atoms with Gasteiger partial charge in [0.2, 0.25) is 0 Å². The van der Waals surface area contributed by atoms with E-state index in [1.54, 1.807) is 13.1 Å². The topological polar surface area (TPSA) is 37.0 Å². The second-order valence-electron chi connectivity index (χ2n) is 5.98. The summed E-state index contributed by atoms with van der Waals surface area (Å²) in [7, 11) is 1.80. The van der Waals surface area contributed by atoms with Crippen LogP contribution >= 0.6 is 23.2 Å². The molecule has 0 radical (unpaired) electrons. The molecule has 0 bridgehead atoms. The minimum Gasteiger partial charge on any atom is -0.372 e. The molecule has 1 saturated carbocycles. The van der Waals surface area contributed by atoms with Crippen LogP contribution in [0.2, 0.25) is 10.0 Å². The molecule has 3 nitrogen and oxygen atoms in total. The number of rotatable bonds is 3. The van der Waals surface area contributed by atoms with Crippen LogP contribution in [0.5, 0.6) is 0 Å². The van der Waals surface area contributed by atoms with Crippen molar-refractivity contribution in [3.05, 3.63) is 16.1 Å². The average Bonchev–Trinajstić information content (AvgIpc) is 2.35. The quantitative estimate of drug-likeness (QED) is 0.841. The minimum absolute atomic E-state index is 0.448. The van der Waals surface area contributed by atoms with Crippen LogP contribution in [-0.4, -0.2) is 18.1 Å². The number of hydrogen-bond donors (Lipinski definition) is 2. The van der Waals surface area contributed by atoms with Crippen molar-refractivity contribution in [2.75, 3.05) is 17.7 Å². The number of anilines is 2. The van der Waals surface area contributed by atoms with Crippen molar-refractivity contribution in [1.82, 2.24) is 4.98 Å². The van der Waals surface area contributed by atoms with Crippen LogP contribution in [0.4, 0.5) is 11.6 Å². The summed E-state index contributed by atoms with van der Waals surface area (Å²) < 4.78 is 0. The van der Waals surface area contributed by atoms with E-state index in [2.05, 4.69) is 29.5 Å². The maximum Gasteiger partial charge on any atom is 0.147 e. The van der Waals surface area contributed by atoms with Crippen molar-refractivity contribution < 1.29 is 0 Å². The highest BCUT2D eigenvalue weighted by molar-refractivity contribution is 6.37. The molecule has 0 atom stereocenters. The monoisotopic (exact) mass is 301 g/mol. The highest BCUT2D eigenvalue weighted by Crippen LogP contribution is 2.37. The van der Waals surface area contributed by atoms with Crippen LogP contribution < -0.4 is 10.6 Å². The van der Waals surface area contributed by atoms with Gasteiger partial charge in [0.15, 0.2) is 0 Å². The number of halogens is 2. The maximum absolute atomic E-state index is 6.20. The molecule has 1 aliphatic carbocycles. The fourth-order valence-corrected chi connectivity index (χ4v) is 2.99. The van der Waals surface area contributed by atoms with Crippen LogP contribution in [-0.2, 0) is 0 Å². The summed E-state index contributed by atoms with van der Waals surface area (Å²) in [4.78, 5) is 4.43. The summed E-state index contributed by atoms with van der Waals surface area (Å²) in [5, 5.41) is 7.54. The number of pyridine rings is 1. The Morgan fingerprint density at radius 3 is 2.32 bits per heavy atom. The van der Waals surface area contributed by atoms with E-state index < -0.39 is 0 Å². The normalized spacial score (nSPS) is 19.2. The molecule has 2 N–H and O–H groups in total. The molecule has 0 amide bonds. The van der Waals surface area contributed by atoms with Crippen LogP contribution in [0, 0.1) is 5.41 Å². The Balaban J connectivity index is 2.07. The van der Waals surface area contributed by atoms with Gasteiger partial charge in [-0.25, -0.2) is 4.98 Å². The van der Waals surface area contributed by atoms with Gasteiger partial charge in [-0.3, -0.25) is 0 Å².